The Kier molecular flexibility index (Phi) is 4.85. The highest BCUT2D eigenvalue weighted by atomic mass is 79.9. The Morgan fingerprint density at radius 3 is 2.68 bits per heavy atom. The lowest BCUT2D eigenvalue weighted by molar-refractivity contribution is -0.111. The van der Waals surface area contributed by atoms with Crippen molar-refractivity contribution in [2.24, 2.45) is 0 Å². The molecule has 1 aromatic carbocycles. The van der Waals surface area contributed by atoms with E-state index in [4.69, 9.17) is 16.0 Å². The minimum Gasteiger partial charge on any atom is -0.450 e. The van der Waals surface area contributed by atoms with E-state index in [1.807, 2.05) is 0 Å². The first kappa shape index (κ1) is 14.4. The first-order valence-electron chi connectivity index (χ1n) is 5.24. The van der Waals surface area contributed by atoms with E-state index in [9.17, 15) is 4.79 Å². The second kappa shape index (κ2) is 6.41. The Balaban J connectivity index is 2.03. The van der Waals surface area contributed by atoms with Crippen LogP contribution in [0.25, 0.3) is 6.08 Å². The minimum absolute atomic E-state index is 0.281. The van der Waals surface area contributed by atoms with Gasteiger partial charge in [0, 0.05) is 10.5 Å². The van der Waals surface area contributed by atoms with Gasteiger partial charge in [0.25, 0.3) is 0 Å². The van der Waals surface area contributed by atoms with Crippen LogP contribution in [-0.2, 0) is 4.79 Å². The molecular formula is C13H8Br2ClNO2. The third-order valence-electron chi connectivity index (χ3n) is 2.18. The largest absolute Gasteiger partial charge is 0.450 e. The third kappa shape index (κ3) is 4.23. The highest BCUT2D eigenvalue weighted by Crippen LogP contribution is 2.25. The van der Waals surface area contributed by atoms with Crippen molar-refractivity contribution < 1.29 is 9.21 Å². The molecule has 0 bridgehead atoms. The maximum atomic E-state index is 11.7. The minimum atomic E-state index is -0.281. The molecule has 1 heterocycles. The van der Waals surface area contributed by atoms with Gasteiger partial charge in [-0.05, 0) is 52.3 Å². The molecule has 1 amide bonds. The molecule has 0 unspecified atom stereocenters. The number of amides is 1. The van der Waals surface area contributed by atoms with Crippen LogP contribution in [0.5, 0.6) is 0 Å². The maximum Gasteiger partial charge on any atom is 0.248 e. The Hall–Kier alpha value is -1.04. The number of hydrogen-bond donors (Lipinski definition) is 1. The van der Waals surface area contributed by atoms with E-state index in [-0.39, 0.29) is 5.91 Å². The Morgan fingerprint density at radius 2 is 2.05 bits per heavy atom. The number of benzene rings is 1. The summed E-state index contributed by atoms with van der Waals surface area (Å²) in [4.78, 5) is 11.7. The number of anilines is 1. The van der Waals surface area contributed by atoms with Crippen LogP contribution in [0.1, 0.15) is 5.76 Å². The number of halogens is 3. The lowest BCUT2D eigenvalue weighted by Crippen LogP contribution is -2.07. The zero-order chi connectivity index (χ0) is 13.8. The van der Waals surface area contributed by atoms with Gasteiger partial charge in [-0.3, -0.25) is 4.79 Å². The molecule has 0 aliphatic carbocycles. The normalized spacial score (nSPS) is 10.9. The molecule has 98 valence electrons. The van der Waals surface area contributed by atoms with Gasteiger partial charge in [0.05, 0.1) is 10.7 Å². The summed E-state index contributed by atoms with van der Waals surface area (Å²) in [5.41, 5.74) is 0.556. The van der Waals surface area contributed by atoms with E-state index < -0.39 is 0 Å². The SMILES string of the molecule is O=C(/C=C/c1ccc(Br)o1)Nc1ccc(Br)cc1Cl. The first-order chi connectivity index (χ1) is 9.04. The summed E-state index contributed by atoms with van der Waals surface area (Å²) < 4.78 is 6.71. The van der Waals surface area contributed by atoms with E-state index in [2.05, 4.69) is 37.2 Å². The Labute approximate surface area is 131 Å². The number of rotatable bonds is 3. The van der Waals surface area contributed by atoms with Gasteiger partial charge >= 0.3 is 0 Å². The predicted molar refractivity (Wildman–Crippen MR) is 83.2 cm³/mol. The van der Waals surface area contributed by atoms with Gasteiger partial charge < -0.3 is 9.73 Å². The number of nitrogens with one attached hydrogen (secondary N) is 1. The van der Waals surface area contributed by atoms with Crippen LogP contribution >= 0.6 is 43.5 Å². The van der Waals surface area contributed by atoms with Gasteiger partial charge in [-0.15, -0.1) is 0 Å². The van der Waals surface area contributed by atoms with Gasteiger partial charge in [0.1, 0.15) is 5.76 Å². The fourth-order valence-corrected chi connectivity index (χ4v) is 2.38. The molecule has 3 nitrogen and oxygen atoms in total. The molecule has 0 aliphatic heterocycles. The highest BCUT2D eigenvalue weighted by Gasteiger charge is 2.04. The smallest absolute Gasteiger partial charge is 0.248 e. The van der Waals surface area contributed by atoms with Gasteiger partial charge in [-0.25, -0.2) is 0 Å². The fourth-order valence-electron chi connectivity index (χ4n) is 1.34. The Bertz CT molecular complexity index is 637. The van der Waals surface area contributed by atoms with Gasteiger partial charge in [-0.1, -0.05) is 27.5 Å². The van der Waals surface area contributed by atoms with Crippen LogP contribution in [0.3, 0.4) is 0 Å². The molecule has 1 aromatic heterocycles. The summed E-state index contributed by atoms with van der Waals surface area (Å²) in [6, 6.07) is 8.74. The van der Waals surface area contributed by atoms with Crippen LogP contribution in [-0.4, -0.2) is 5.91 Å². The number of carbonyl (C=O) groups excluding carboxylic acids is 1. The van der Waals surface area contributed by atoms with Crippen LogP contribution in [0.4, 0.5) is 5.69 Å². The molecule has 0 spiro atoms. The van der Waals surface area contributed by atoms with E-state index >= 15 is 0 Å². The van der Waals surface area contributed by atoms with Crippen molar-refractivity contribution in [3.8, 4) is 0 Å². The molecule has 0 fully saturated rings. The van der Waals surface area contributed by atoms with Crippen LogP contribution < -0.4 is 5.32 Å². The van der Waals surface area contributed by atoms with Crippen molar-refractivity contribution in [1.82, 2.24) is 0 Å². The van der Waals surface area contributed by atoms with Crippen LogP contribution in [0.2, 0.25) is 5.02 Å². The summed E-state index contributed by atoms with van der Waals surface area (Å²) in [6.07, 6.45) is 2.95. The molecule has 0 atom stereocenters. The number of hydrogen-bond acceptors (Lipinski definition) is 2. The van der Waals surface area contributed by atoms with Crippen LogP contribution in [0.15, 0.2) is 50.0 Å². The fraction of sp³-hybridized carbons (Fsp3) is 0. The molecule has 2 rings (SSSR count). The van der Waals surface area contributed by atoms with Crippen molar-refractivity contribution >= 4 is 61.1 Å². The lowest BCUT2D eigenvalue weighted by Gasteiger charge is -2.04. The summed E-state index contributed by atoms with van der Waals surface area (Å²) in [6.45, 7) is 0. The first-order valence-corrected chi connectivity index (χ1v) is 7.20. The second-order valence-electron chi connectivity index (χ2n) is 3.59. The van der Waals surface area contributed by atoms with E-state index in [1.54, 1.807) is 36.4 Å². The molecule has 0 saturated carbocycles. The molecule has 1 N–H and O–H groups in total. The standard InChI is InChI=1S/C13H8Br2ClNO2/c14-8-1-4-11(10(16)7-8)17-13(18)6-3-9-2-5-12(15)19-9/h1-7H,(H,17,18)/b6-3+. The van der Waals surface area contributed by atoms with Crippen molar-refractivity contribution in [2.75, 3.05) is 5.32 Å². The molecular weight excluding hydrogens is 397 g/mol. The van der Waals surface area contributed by atoms with Gasteiger partial charge in [-0.2, -0.15) is 0 Å². The monoisotopic (exact) mass is 403 g/mol. The zero-order valence-corrected chi connectivity index (χ0v) is 13.4. The Morgan fingerprint density at radius 1 is 1.26 bits per heavy atom. The van der Waals surface area contributed by atoms with Gasteiger partial charge in [0.2, 0.25) is 5.91 Å². The predicted octanol–water partition coefficient (Wildman–Crippen LogP) is 5.11. The molecule has 0 aliphatic rings. The topological polar surface area (TPSA) is 42.2 Å². The summed E-state index contributed by atoms with van der Waals surface area (Å²) in [5, 5.41) is 3.15. The average Bonchev–Trinajstić information content (AvgIpc) is 2.76. The highest BCUT2D eigenvalue weighted by molar-refractivity contribution is 9.10. The summed E-state index contributed by atoms with van der Waals surface area (Å²) >= 11 is 12.5. The van der Waals surface area contributed by atoms with E-state index in [1.165, 1.54) is 6.08 Å². The second-order valence-corrected chi connectivity index (χ2v) is 5.69. The maximum absolute atomic E-state index is 11.7. The van der Waals surface area contributed by atoms with E-state index in [0.717, 1.165) is 4.47 Å². The lowest BCUT2D eigenvalue weighted by atomic mass is 10.3. The number of furan rings is 1. The molecule has 0 radical (unpaired) electrons. The summed E-state index contributed by atoms with van der Waals surface area (Å²) in [7, 11) is 0. The molecule has 0 saturated heterocycles. The van der Waals surface area contributed by atoms with Crippen molar-refractivity contribution in [3.05, 3.63) is 56.3 Å². The molecule has 6 heteroatoms. The molecule has 19 heavy (non-hydrogen) atoms. The van der Waals surface area contributed by atoms with Crippen molar-refractivity contribution in [1.29, 1.82) is 0 Å². The van der Waals surface area contributed by atoms with Crippen LogP contribution in [0, 0.1) is 0 Å². The average molecular weight is 405 g/mol. The van der Waals surface area contributed by atoms with Crippen molar-refractivity contribution in [3.63, 3.8) is 0 Å². The quantitative estimate of drug-likeness (QED) is 0.721. The molecule has 2 aromatic rings. The third-order valence-corrected chi connectivity index (χ3v) is 3.41. The summed E-state index contributed by atoms with van der Waals surface area (Å²) in [5.74, 6) is 0.306. The van der Waals surface area contributed by atoms with Gasteiger partial charge in [0.15, 0.2) is 4.67 Å². The van der Waals surface area contributed by atoms with E-state index in [0.29, 0.717) is 21.1 Å². The van der Waals surface area contributed by atoms with Crippen molar-refractivity contribution in [2.45, 2.75) is 0 Å². The number of carbonyl (C=O) groups is 1. The zero-order valence-electron chi connectivity index (χ0n) is 9.49.